The van der Waals surface area contributed by atoms with Crippen molar-refractivity contribution in [3.05, 3.63) is 42.0 Å². The van der Waals surface area contributed by atoms with Gasteiger partial charge in [0.25, 0.3) is 0 Å². The molecule has 1 heterocycles. The zero-order chi connectivity index (χ0) is 17.9. The van der Waals surface area contributed by atoms with Gasteiger partial charge in [-0.05, 0) is 85.0 Å². The molecule has 0 amide bonds. The summed E-state index contributed by atoms with van der Waals surface area (Å²) in [5, 5.41) is 0. The summed E-state index contributed by atoms with van der Waals surface area (Å²) in [7, 11) is 0. The van der Waals surface area contributed by atoms with Crippen molar-refractivity contribution in [1.29, 1.82) is 0 Å². The summed E-state index contributed by atoms with van der Waals surface area (Å²) in [5.41, 5.74) is 5.17. The van der Waals surface area contributed by atoms with Crippen molar-refractivity contribution in [2.24, 2.45) is 34.5 Å². The van der Waals surface area contributed by atoms with Crippen LogP contribution >= 0.6 is 0 Å². The first kappa shape index (κ1) is 16.7. The minimum absolute atomic E-state index is 0.293. The maximum Gasteiger partial charge on any atom is 0.0847 e. The van der Waals surface area contributed by atoms with Gasteiger partial charge in [-0.3, -0.25) is 9.97 Å². The van der Waals surface area contributed by atoms with Crippen LogP contribution in [0.4, 0.5) is 0 Å². The molecule has 2 heteroatoms. The summed E-state index contributed by atoms with van der Waals surface area (Å²) in [5.74, 6) is 3.41. The maximum absolute atomic E-state index is 4.65. The number of nitrogens with zero attached hydrogens (tertiary/aromatic N) is 2. The highest BCUT2D eigenvalue weighted by molar-refractivity contribution is 5.70. The van der Waals surface area contributed by atoms with Gasteiger partial charge in [-0.25, -0.2) is 0 Å². The van der Waals surface area contributed by atoms with Crippen LogP contribution in [0.15, 0.2) is 36.3 Å². The van der Waals surface area contributed by atoms with Crippen molar-refractivity contribution >= 4 is 5.57 Å². The average Bonchev–Trinajstić information content (AvgIpc) is 3.00. The van der Waals surface area contributed by atoms with Gasteiger partial charge in [0.1, 0.15) is 0 Å². The Bertz CT molecular complexity index is 764. The molecule has 2 nitrogen and oxygen atoms in total. The lowest BCUT2D eigenvalue weighted by Crippen LogP contribution is -2.49. The number of rotatable bonds is 1. The minimum atomic E-state index is 0.293. The monoisotopic (exact) mass is 348 g/mol. The highest BCUT2D eigenvalue weighted by Gasteiger charge is 2.56. The van der Waals surface area contributed by atoms with Gasteiger partial charge < -0.3 is 0 Å². The molecule has 2 fully saturated rings. The van der Waals surface area contributed by atoms with Crippen molar-refractivity contribution < 1.29 is 0 Å². The summed E-state index contributed by atoms with van der Waals surface area (Å²) in [6.07, 6.45) is 20.2. The van der Waals surface area contributed by atoms with Gasteiger partial charge in [0.2, 0.25) is 0 Å². The summed E-state index contributed by atoms with van der Waals surface area (Å²) < 4.78 is 0. The quantitative estimate of drug-likeness (QED) is 0.576. The van der Waals surface area contributed by atoms with Crippen molar-refractivity contribution in [2.75, 3.05) is 0 Å². The fraction of sp³-hybridized carbons (Fsp3) is 0.667. The van der Waals surface area contributed by atoms with E-state index in [0.29, 0.717) is 10.8 Å². The predicted octanol–water partition coefficient (Wildman–Crippen LogP) is 6.07. The first-order chi connectivity index (χ1) is 12.5. The van der Waals surface area contributed by atoms with E-state index in [-0.39, 0.29) is 0 Å². The van der Waals surface area contributed by atoms with Gasteiger partial charge in [0.15, 0.2) is 0 Å². The smallest absolute Gasteiger partial charge is 0.0847 e. The zero-order valence-corrected chi connectivity index (χ0v) is 16.5. The molecule has 4 aliphatic rings. The van der Waals surface area contributed by atoms with Crippen LogP contribution in [0.1, 0.15) is 71.4 Å². The number of aromatic nitrogens is 2. The molecular weight excluding hydrogens is 316 g/mol. The summed E-state index contributed by atoms with van der Waals surface area (Å²) in [4.78, 5) is 8.98. The predicted molar refractivity (Wildman–Crippen MR) is 106 cm³/mol. The van der Waals surface area contributed by atoms with Gasteiger partial charge in [-0.15, -0.1) is 0 Å². The molecule has 3 unspecified atom stereocenters. The van der Waals surface area contributed by atoms with Gasteiger partial charge >= 0.3 is 0 Å². The third kappa shape index (κ3) is 2.23. The standard InChI is InChI=1S/C24H32N2/c1-16-8-10-23(2)17(14-16)4-5-18-19-6-7-21(22-15-25-12-13-26-22)24(19,3)11-9-20(18)23/h4,7,12-13,15-16,18-20H,5-6,8-11,14H2,1-3H3/t16-,18?,19?,20?,23-,24-/m0/s1. The Morgan fingerprint density at radius 1 is 0.962 bits per heavy atom. The Labute approximate surface area is 158 Å². The SMILES string of the molecule is C[C@H]1CC[C@@]2(C)C(=CCC3C2CC[C@]2(C)C(c4cnccn4)=CCC32)C1. The Hall–Kier alpha value is -1.44. The van der Waals surface area contributed by atoms with Crippen molar-refractivity contribution in [3.63, 3.8) is 0 Å². The lowest BCUT2D eigenvalue weighted by Gasteiger charge is -2.57. The molecule has 4 aliphatic carbocycles. The summed E-state index contributed by atoms with van der Waals surface area (Å²) in [6, 6.07) is 0. The van der Waals surface area contributed by atoms with Gasteiger partial charge in [0.05, 0.1) is 11.9 Å². The maximum atomic E-state index is 4.65. The van der Waals surface area contributed by atoms with Crippen LogP contribution in [0, 0.1) is 34.5 Å². The number of hydrogen-bond acceptors (Lipinski definition) is 2. The molecule has 138 valence electrons. The molecule has 0 saturated heterocycles. The molecule has 5 rings (SSSR count). The van der Waals surface area contributed by atoms with E-state index >= 15 is 0 Å². The van der Waals surface area contributed by atoms with E-state index in [0.717, 1.165) is 29.4 Å². The molecule has 0 aliphatic heterocycles. The molecule has 0 bridgehead atoms. The third-order valence-corrected chi connectivity index (χ3v) is 8.77. The van der Waals surface area contributed by atoms with Gasteiger partial charge in [0, 0.05) is 12.4 Å². The lowest BCUT2D eigenvalue weighted by molar-refractivity contribution is -0.0138. The van der Waals surface area contributed by atoms with E-state index in [4.69, 9.17) is 0 Å². The largest absolute Gasteiger partial charge is 0.261 e. The molecule has 0 aromatic carbocycles. The first-order valence-electron chi connectivity index (χ1n) is 10.7. The fourth-order valence-electron chi connectivity index (χ4n) is 7.25. The third-order valence-electron chi connectivity index (χ3n) is 8.77. The Balaban J connectivity index is 1.48. The minimum Gasteiger partial charge on any atom is -0.261 e. The van der Waals surface area contributed by atoms with E-state index in [1.165, 1.54) is 50.5 Å². The van der Waals surface area contributed by atoms with Crippen LogP contribution < -0.4 is 0 Å². The second kappa shape index (κ2) is 5.78. The van der Waals surface area contributed by atoms with E-state index in [2.05, 4.69) is 42.9 Å². The molecular formula is C24H32N2. The number of fused-ring (bicyclic) bond motifs is 5. The van der Waals surface area contributed by atoms with Crippen LogP contribution in [-0.2, 0) is 0 Å². The Kier molecular flexibility index (Phi) is 3.71. The van der Waals surface area contributed by atoms with Gasteiger partial charge in [-0.2, -0.15) is 0 Å². The van der Waals surface area contributed by atoms with Crippen molar-refractivity contribution in [1.82, 2.24) is 9.97 Å². The zero-order valence-electron chi connectivity index (χ0n) is 16.5. The van der Waals surface area contributed by atoms with Crippen LogP contribution in [0.2, 0.25) is 0 Å². The summed E-state index contributed by atoms with van der Waals surface area (Å²) >= 11 is 0. The summed E-state index contributed by atoms with van der Waals surface area (Å²) in [6.45, 7) is 7.57. The van der Waals surface area contributed by atoms with Gasteiger partial charge in [-0.1, -0.05) is 38.5 Å². The van der Waals surface area contributed by atoms with E-state index < -0.39 is 0 Å². The fourth-order valence-corrected chi connectivity index (χ4v) is 7.25. The molecule has 2 saturated carbocycles. The van der Waals surface area contributed by atoms with Crippen LogP contribution in [0.3, 0.4) is 0 Å². The van der Waals surface area contributed by atoms with E-state index in [1.54, 1.807) is 11.8 Å². The van der Waals surface area contributed by atoms with E-state index in [9.17, 15) is 0 Å². The molecule has 0 N–H and O–H groups in total. The molecule has 6 atom stereocenters. The highest BCUT2D eigenvalue weighted by atomic mass is 14.8. The molecule has 1 aromatic rings. The normalized spacial score (nSPS) is 44.4. The molecule has 0 spiro atoms. The second-order valence-corrected chi connectivity index (χ2v) is 10.0. The van der Waals surface area contributed by atoms with Crippen molar-refractivity contribution in [3.8, 4) is 0 Å². The Morgan fingerprint density at radius 2 is 1.81 bits per heavy atom. The van der Waals surface area contributed by atoms with Crippen LogP contribution in [0.25, 0.3) is 5.57 Å². The second-order valence-electron chi connectivity index (χ2n) is 10.0. The van der Waals surface area contributed by atoms with Crippen LogP contribution in [-0.4, -0.2) is 9.97 Å². The van der Waals surface area contributed by atoms with E-state index in [1.807, 2.05) is 12.4 Å². The molecule has 1 aromatic heterocycles. The average molecular weight is 349 g/mol. The first-order valence-corrected chi connectivity index (χ1v) is 10.7. The topological polar surface area (TPSA) is 25.8 Å². The van der Waals surface area contributed by atoms with Crippen molar-refractivity contribution in [2.45, 2.75) is 65.7 Å². The number of allylic oxidation sites excluding steroid dienone is 4. The lowest BCUT2D eigenvalue weighted by atomic mass is 9.47. The van der Waals surface area contributed by atoms with Crippen LogP contribution in [0.5, 0.6) is 0 Å². The molecule has 26 heavy (non-hydrogen) atoms. The number of hydrogen-bond donors (Lipinski definition) is 0. The Morgan fingerprint density at radius 3 is 2.62 bits per heavy atom. The highest BCUT2D eigenvalue weighted by Crippen LogP contribution is 2.66. The molecule has 0 radical (unpaired) electrons.